The van der Waals surface area contributed by atoms with Gasteiger partial charge in [-0.15, -0.1) is 20.5 Å². The third kappa shape index (κ3) is 9.41. The molecular weight excluding hydrogens is 807 g/mol. The molecule has 0 saturated carbocycles. The second kappa shape index (κ2) is 19.1. The zero-order valence-electron chi connectivity index (χ0n) is 33.6. The molecule has 0 spiro atoms. The van der Waals surface area contributed by atoms with Crippen LogP contribution in [0.5, 0.6) is 0 Å². The Balaban J connectivity index is 1.18. The van der Waals surface area contributed by atoms with E-state index in [0.717, 1.165) is 74.9 Å². The number of rotatable bonds is 17. The molecule has 0 aliphatic heterocycles. The molecular formula is C44H43N13S3. The summed E-state index contributed by atoms with van der Waals surface area (Å²) in [6.45, 7) is 11.9. The van der Waals surface area contributed by atoms with Crippen molar-refractivity contribution in [3.8, 4) is 0 Å². The molecule has 0 fully saturated rings. The van der Waals surface area contributed by atoms with Crippen LogP contribution in [0.1, 0.15) is 33.3 Å². The summed E-state index contributed by atoms with van der Waals surface area (Å²) in [7, 11) is 0. The van der Waals surface area contributed by atoms with Gasteiger partial charge in [0.05, 0.1) is 22.4 Å². The Morgan fingerprint density at radius 2 is 1.00 bits per heavy atom. The van der Waals surface area contributed by atoms with Gasteiger partial charge in [0.2, 0.25) is 11.9 Å². The Morgan fingerprint density at radius 3 is 1.48 bits per heavy atom. The summed E-state index contributed by atoms with van der Waals surface area (Å²) in [6.07, 6.45) is 0. The molecule has 8 rings (SSSR count). The van der Waals surface area contributed by atoms with Crippen molar-refractivity contribution < 1.29 is 0 Å². The lowest BCUT2D eigenvalue weighted by Gasteiger charge is -2.22. The average molecular weight is 850 g/mol. The fourth-order valence-corrected chi connectivity index (χ4v) is 8.76. The van der Waals surface area contributed by atoms with Crippen LogP contribution in [0.15, 0.2) is 141 Å². The summed E-state index contributed by atoms with van der Waals surface area (Å²) in [6, 6.07) is 38.3. The first-order valence-electron chi connectivity index (χ1n) is 19.8. The van der Waals surface area contributed by atoms with Crippen LogP contribution in [-0.2, 0) is 5.75 Å². The smallest absolute Gasteiger partial charge is 0.233 e. The molecule has 0 saturated heterocycles. The van der Waals surface area contributed by atoms with Gasteiger partial charge >= 0.3 is 0 Å². The van der Waals surface area contributed by atoms with Crippen molar-refractivity contribution in [3.63, 3.8) is 0 Å². The highest BCUT2D eigenvalue weighted by atomic mass is 32.2. The Kier molecular flexibility index (Phi) is 12.9. The van der Waals surface area contributed by atoms with Crippen LogP contribution < -0.4 is 20.4 Å². The van der Waals surface area contributed by atoms with Gasteiger partial charge in [0.15, 0.2) is 15.2 Å². The maximum absolute atomic E-state index is 4.95. The first kappa shape index (κ1) is 40.4. The molecule has 13 nitrogen and oxygen atoms in total. The molecule has 0 atom stereocenters. The fourth-order valence-electron chi connectivity index (χ4n) is 6.58. The second-order valence-corrected chi connectivity index (χ2v) is 15.9. The summed E-state index contributed by atoms with van der Waals surface area (Å²) in [5.41, 5.74) is 7.65. The van der Waals surface area contributed by atoms with E-state index < -0.39 is 0 Å². The molecule has 60 heavy (non-hydrogen) atoms. The molecule has 0 amide bonds. The van der Waals surface area contributed by atoms with E-state index in [9.17, 15) is 0 Å². The lowest BCUT2D eigenvalue weighted by Crippen LogP contribution is -2.21. The topological polar surface area (TPSA) is 144 Å². The van der Waals surface area contributed by atoms with Crippen LogP contribution in [0, 0.1) is 0 Å². The number of aromatic nitrogens is 5. The highest BCUT2D eigenvalue weighted by molar-refractivity contribution is 7.98. The van der Waals surface area contributed by atoms with E-state index >= 15 is 0 Å². The lowest BCUT2D eigenvalue weighted by atomic mass is 10.2. The van der Waals surface area contributed by atoms with Gasteiger partial charge in [-0.05, 0) is 117 Å². The number of hydrogen-bond acceptors (Lipinski definition) is 16. The van der Waals surface area contributed by atoms with Gasteiger partial charge in [-0.3, -0.25) is 0 Å². The number of anilines is 6. The fraction of sp³-hybridized carbons (Fsp3) is 0.205. The van der Waals surface area contributed by atoms with Gasteiger partial charge in [0.25, 0.3) is 0 Å². The van der Waals surface area contributed by atoms with Crippen molar-refractivity contribution >= 4 is 113 Å². The number of azo groups is 2. The Hall–Kier alpha value is -6.36. The molecule has 302 valence electrons. The van der Waals surface area contributed by atoms with Crippen molar-refractivity contribution in [2.75, 3.05) is 46.6 Å². The monoisotopic (exact) mass is 849 g/mol. The Labute approximate surface area is 361 Å². The van der Waals surface area contributed by atoms with E-state index in [4.69, 9.17) is 25.2 Å². The first-order chi connectivity index (χ1) is 29.5. The molecule has 2 N–H and O–H groups in total. The summed E-state index contributed by atoms with van der Waals surface area (Å²) in [5.74, 6) is 1.36. The molecule has 8 aromatic rings. The SMILES string of the molecule is CCN(CC)c1ccc(/N=N/c2snc3ccccc23)c(Nc2nc(Nc3cc(N(CC)CC)ccc3/N=N/c3snc4ccccc34)nc(SCc3ccccc3)n2)c1. The minimum Gasteiger partial charge on any atom is -0.372 e. The number of fused-ring (bicyclic) bond motifs is 2. The number of benzene rings is 5. The highest BCUT2D eigenvalue weighted by Gasteiger charge is 2.16. The van der Waals surface area contributed by atoms with E-state index in [1.54, 1.807) is 0 Å². The molecule has 5 aromatic carbocycles. The maximum Gasteiger partial charge on any atom is 0.233 e. The number of hydrogen-bond donors (Lipinski definition) is 2. The zero-order chi connectivity index (χ0) is 41.3. The van der Waals surface area contributed by atoms with Crippen LogP contribution in [0.25, 0.3) is 21.8 Å². The standard InChI is InChI=1S/C44H43N13S3/c1-5-56(6-2)30-22-24-36(50-52-40-32-18-12-14-20-34(32)54-59-40)38(26-30)45-42-47-43(49-44(48-42)58-28-29-16-10-9-11-17-29)46-39-27-31(57(7-3)8-4)23-25-37(39)51-53-41-33-19-13-15-21-35(33)55-60-41/h9-27H,5-8,28H2,1-4H3,(H2,45,46,47,48,49)/b52-50+,53-51+. The normalized spacial score (nSPS) is 11.6. The van der Waals surface area contributed by atoms with E-state index in [-0.39, 0.29) is 0 Å². The summed E-state index contributed by atoms with van der Waals surface area (Å²) >= 11 is 4.17. The van der Waals surface area contributed by atoms with Crippen molar-refractivity contribution in [1.82, 2.24) is 23.7 Å². The van der Waals surface area contributed by atoms with Crippen LogP contribution >= 0.6 is 34.8 Å². The van der Waals surface area contributed by atoms with Gasteiger partial charge in [-0.2, -0.15) is 23.7 Å². The summed E-state index contributed by atoms with van der Waals surface area (Å²) in [4.78, 5) is 19.4. The number of nitrogens with one attached hydrogen (secondary N) is 2. The molecule has 0 unspecified atom stereocenters. The largest absolute Gasteiger partial charge is 0.372 e. The minimum atomic E-state index is 0.346. The molecule has 3 heterocycles. The van der Waals surface area contributed by atoms with Crippen LogP contribution in [0.3, 0.4) is 0 Å². The van der Waals surface area contributed by atoms with Gasteiger partial charge in [0.1, 0.15) is 11.4 Å². The summed E-state index contributed by atoms with van der Waals surface area (Å²) < 4.78 is 9.11. The zero-order valence-corrected chi connectivity index (χ0v) is 36.1. The second-order valence-electron chi connectivity index (χ2n) is 13.4. The molecule has 16 heteroatoms. The molecule has 0 radical (unpaired) electrons. The highest BCUT2D eigenvalue weighted by Crippen LogP contribution is 2.39. The quantitative estimate of drug-likeness (QED) is 0.0671. The van der Waals surface area contributed by atoms with Crippen molar-refractivity contribution in [3.05, 3.63) is 121 Å². The molecule has 0 aliphatic rings. The van der Waals surface area contributed by atoms with E-state index in [1.165, 1.54) is 34.8 Å². The number of thioether (sulfide) groups is 1. The molecule has 3 aromatic heterocycles. The predicted molar refractivity (Wildman–Crippen MR) is 250 cm³/mol. The predicted octanol–water partition coefficient (Wildman–Crippen LogP) is 13.4. The minimum absolute atomic E-state index is 0.346. The molecule has 0 aliphatic carbocycles. The van der Waals surface area contributed by atoms with Crippen LogP contribution in [0.4, 0.5) is 56.0 Å². The Morgan fingerprint density at radius 1 is 0.533 bits per heavy atom. The average Bonchev–Trinajstić information content (AvgIpc) is 3.90. The van der Waals surface area contributed by atoms with E-state index in [0.29, 0.717) is 45.6 Å². The van der Waals surface area contributed by atoms with Crippen LogP contribution in [-0.4, -0.2) is 49.9 Å². The van der Waals surface area contributed by atoms with Gasteiger partial charge < -0.3 is 20.4 Å². The van der Waals surface area contributed by atoms with Gasteiger partial charge in [-0.25, -0.2) is 0 Å². The van der Waals surface area contributed by atoms with Gasteiger partial charge in [0, 0.05) is 54.1 Å². The van der Waals surface area contributed by atoms with Crippen molar-refractivity contribution in [2.45, 2.75) is 38.6 Å². The maximum atomic E-state index is 4.95. The third-order valence-corrected chi connectivity index (χ3v) is 12.2. The van der Waals surface area contributed by atoms with Gasteiger partial charge in [-0.1, -0.05) is 66.4 Å². The Bertz CT molecular complexity index is 2600. The van der Waals surface area contributed by atoms with E-state index in [1.807, 2.05) is 78.9 Å². The van der Waals surface area contributed by atoms with Crippen molar-refractivity contribution in [1.29, 1.82) is 0 Å². The van der Waals surface area contributed by atoms with E-state index in [2.05, 4.69) is 104 Å². The third-order valence-electron chi connectivity index (χ3n) is 9.76. The molecule has 0 bridgehead atoms. The first-order valence-corrected chi connectivity index (χ1v) is 22.3. The lowest BCUT2D eigenvalue weighted by molar-refractivity contribution is 0.866. The summed E-state index contributed by atoms with van der Waals surface area (Å²) in [5, 5.41) is 29.8. The van der Waals surface area contributed by atoms with Crippen molar-refractivity contribution in [2.24, 2.45) is 20.5 Å². The number of nitrogens with zero attached hydrogens (tertiary/aromatic N) is 11. The van der Waals surface area contributed by atoms with Crippen LogP contribution in [0.2, 0.25) is 0 Å².